The van der Waals surface area contributed by atoms with E-state index in [-0.39, 0.29) is 29.1 Å². The average Bonchev–Trinajstić information content (AvgIpc) is 3.67. The molecule has 2 heterocycles. The van der Waals surface area contributed by atoms with E-state index in [1.165, 1.54) is 28.0 Å². The van der Waals surface area contributed by atoms with Gasteiger partial charge in [0.15, 0.2) is 11.0 Å². The summed E-state index contributed by atoms with van der Waals surface area (Å²) in [5.41, 5.74) is 3.93. The lowest BCUT2D eigenvalue weighted by Crippen LogP contribution is -2.43. The van der Waals surface area contributed by atoms with E-state index in [0.29, 0.717) is 34.7 Å². The predicted molar refractivity (Wildman–Crippen MR) is 173 cm³/mol. The van der Waals surface area contributed by atoms with Crippen molar-refractivity contribution in [3.63, 3.8) is 0 Å². The molecule has 1 saturated heterocycles. The number of carboxylic acid groups (broad SMARTS) is 1. The molecule has 1 unspecified atom stereocenters. The fraction of sp³-hybridized carbons (Fsp3) is 0.250. The number of aryl methyl sites for hydroxylation is 2. The molecule has 0 bridgehead atoms. The minimum Gasteiger partial charge on any atom is -0.465 e. The monoisotopic (exact) mass is 681 g/mol. The molecule has 4 aromatic rings. The lowest BCUT2D eigenvalue weighted by molar-refractivity contribution is -0.274. The molecule has 250 valence electrons. The number of nitrogens with one attached hydrogen (secondary N) is 1. The van der Waals surface area contributed by atoms with Crippen molar-refractivity contribution in [2.24, 2.45) is 4.99 Å². The topological polar surface area (TPSA) is 142 Å². The molecular weight excluding hydrogens is 651 g/mol. The number of carbonyl (C=O) groups is 3. The number of halogens is 3. The van der Waals surface area contributed by atoms with Gasteiger partial charge in [-0.3, -0.25) is 14.6 Å². The molecule has 3 aromatic carbocycles. The highest BCUT2D eigenvalue weighted by Crippen LogP contribution is 2.31. The van der Waals surface area contributed by atoms with E-state index in [0.717, 1.165) is 39.9 Å². The van der Waals surface area contributed by atoms with Crippen LogP contribution in [0.15, 0.2) is 78.0 Å². The van der Waals surface area contributed by atoms with E-state index in [1.54, 1.807) is 31.2 Å². The number of nitrogens with zero attached hydrogens (tertiary/aromatic N) is 6. The Labute approximate surface area is 277 Å². The Balaban J connectivity index is 1.36. The number of aromatic nitrogens is 3. The summed E-state index contributed by atoms with van der Waals surface area (Å²) in [5.74, 6) is -0.197. The van der Waals surface area contributed by atoms with Gasteiger partial charge in [-0.15, -0.1) is 18.3 Å². The second-order valence-corrected chi connectivity index (χ2v) is 11.4. The van der Waals surface area contributed by atoms with Crippen molar-refractivity contribution in [3.05, 3.63) is 89.7 Å². The van der Waals surface area contributed by atoms with Gasteiger partial charge in [0.2, 0.25) is 5.91 Å². The Kier molecular flexibility index (Phi) is 10.0. The molecule has 1 aliphatic rings. The molecular formula is C32H30F3N7O5S. The molecule has 0 aliphatic carbocycles. The summed E-state index contributed by atoms with van der Waals surface area (Å²) in [5, 5.41) is 17.2. The molecule has 0 saturated carbocycles. The minimum atomic E-state index is -4.81. The number of alkyl halides is 3. The van der Waals surface area contributed by atoms with Crippen molar-refractivity contribution in [2.75, 3.05) is 17.2 Å². The summed E-state index contributed by atoms with van der Waals surface area (Å²) in [6.45, 7) is 5.54. The molecule has 1 fully saturated rings. The SMILES string of the molecule is CCc1ccc(C)cc1N1C(=O)CS/C1=N\C(=O)NC(c1ccc(-c2ncn(-c3ccc(OC(F)(F)F)cc3)n2)cc1)N(CC)C(=O)O. The third-order valence-corrected chi connectivity index (χ3v) is 8.22. The van der Waals surface area contributed by atoms with Gasteiger partial charge in [-0.05, 0) is 67.3 Å². The maximum Gasteiger partial charge on any atom is 0.573 e. The summed E-state index contributed by atoms with van der Waals surface area (Å²) in [7, 11) is 0. The number of thioether (sulfide) groups is 1. The summed E-state index contributed by atoms with van der Waals surface area (Å²) < 4.78 is 42.7. The fourth-order valence-corrected chi connectivity index (χ4v) is 5.86. The van der Waals surface area contributed by atoms with Crippen LogP contribution in [0, 0.1) is 6.92 Å². The maximum absolute atomic E-state index is 13.3. The molecule has 0 radical (unpaired) electrons. The zero-order valence-corrected chi connectivity index (χ0v) is 26.7. The number of anilines is 1. The highest BCUT2D eigenvalue weighted by atomic mass is 32.2. The summed E-state index contributed by atoms with van der Waals surface area (Å²) in [6.07, 6.45) is -5.15. The van der Waals surface area contributed by atoms with Crippen molar-refractivity contribution >= 4 is 40.6 Å². The van der Waals surface area contributed by atoms with Gasteiger partial charge < -0.3 is 15.2 Å². The van der Waals surface area contributed by atoms with Gasteiger partial charge in [0.1, 0.15) is 18.2 Å². The Morgan fingerprint density at radius 3 is 2.44 bits per heavy atom. The Morgan fingerprint density at radius 1 is 1.10 bits per heavy atom. The molecule has 1 aromatic heterocycles. The van der Waals surface area contributed by atoms with Crippen LogP contribution < -0.4 is 15.0 Å². The van der Waals surface area contributed by atoms with Crippen LogP contribution in [0.4, 0.5) is 28.4 Å². The lowest BCUT2D eigenvalue weighted by atomic mass is 10.1. The molecule has 48 heavy (non-hydrogen) atoms. The second kappa shape index (κ2) is 14.2. The van der Waals surface area contributed by atoms with Crippen LogP contribution >= 0.6 is 11.8 Å². The van der Waals surface area contributed by atoms with E-state index in [9.17, 15) is 32.7 Å². The van der Waals surface area contributed by atoms with Crippen molar-refractivity contribution in [2.45, 2.75) is 39.7 Å². The van der Waals surface area contributed by atoms with Gasteiger partial charge in [-0.2, -0.15) is 4.99 Å². The van der Waals surface area contributed by atoms with Crippen LogP contribution in [-0.4, -0.2) is 66.6 Å². The van der Waals surface area contributed by atoms with Crippen LogP contribution in [0.3, 0.4) is 0 Å². The highest BCUT2D eigenvalue weighted by Gasteiger charge is 2.33. The number of hydrogen-bond acceptors (Lipinski definition) is 7. The third-order valence-electron chi connectivity index (χ3n) is 7.29. The number of carbonyl (C=O) groups excluding carboxylic acids is 2. The van der Waals surface area contributed by atoms with E-state index >= 15 is 0 Å². The number of ether oxygens (including phenoxy) is 1. The average molecular weight is 682 g/mol. The number of benzene rings is 3. The number of rotatable bonds is 9. The van der Waals surface area contributed by atoms with Crippen LogP contribution in [0.2, 0.25) is 0 Å². The van der Waals surface area contributed by atoms with E-state index in [4.69, 9.17) is 0 Å². The number of aliphatic imine (C=N–C) groups is 1. The number of urea groups is 1. The van der Waals surface area contributed by atoms with Crippen LogP contribution in [0.1, 0.15) is 36.7 Å². The van der Waals surface area contributed by atoms with Gasteiger partial charge in [0.25, 0.3) is 0 Å². The zero-order chi connectivity index (χ0) is 34.6. The van der Waals surface area contributed by atoms with Crippen LogP contribution in [0.25, 0.3) is 17.1 Å². The number of amides is 4. The predicted octanol–water partition coefficient (Wildman–Crippen LogP) is 6.55. The standard InChI is InChI=1S/C32H30F3N7O5S/c1-4-20-7-6-19(3)16-25(20)42-26(43)17-48-30(42)38-29(44)37-28(40(5-2)31(45)46)22-10-8-21(9-11-22)27-36-18-41(39-27)23-12-14-24(15-13-23)47-32(33,34)35/h6-16,18,28H,4-5,17H2,1-3H3,(H,37,44)(H,45,46)/b38-30-. The molecule has 12 nitrogen and oxygen atoms in total. The van der Waals surface area contributed by atoms with Gasteiger partial charge in [0, 0.05) is 12.1 Å². The maximum atomic E-state index is 13.3. The van der Waals surface area contributed by atoms with E-state index < -0.39 is 24.7 Å². The minimum absolute atomic E-state index is 0.0415. The third kappa shape index (κ3) is 7.76. The summed E-state index contributed by atoms with van der Waals surface area (Å²) in [6, 6.07) is 16.5. The fourth-order valence-electron chi connectivity index (χ4n) is 5.00. The van der Waals surface area contributed by atoms with Gasteiger partial charge in [0.05, 0.1) is 17.1 Å². The summed E-state index contributed by atoms with van der Waals surface area (Å²) in [4.78, 5) is 49.2. The molecule has 1 aliphatic heterocycles. The van der Waals surface area contributed by atoms with E-state index in [2.05, 4.69) is 25.1 Å². The second-order valence-electron chi connectivity index (χ2n) is 10.5. The van der Waals surface area contributed by atoms with Crippen molar-refractivity contribution < 1.29 is 37.4 Å². The molecule has 0 spiro atoms. The van der Waals surface area contributed by atoms with Crippen LogP contribution in [0.5, 0.6) is 5.75 Å². The zero-order valence-electron chi connectivity index (χ0n) is 25.9. The normalized spacial score (nSPS) is 14.7. The molecule has 2 N–H and O–H groups in total. The Hall–Kier alpha value is -5.38. The van der Waals surface area contributed by atoms with Crippen molar-refractivity contribution in [1.29, 1.82) is 0 Å². The van der Waals surface area contributed by atoms with Crippen molar-refractivity contribution in [3.8, 4) is 22.8 Å². The Bertz CT molecular complexity index is 1850. The van der Waals surface area contributed by atoms with Gasteiger partial charge in [-0.1, -0.05) is 55.1 Å². The lowest BCUT2D eigenvalue weighted by Gasteiger charge is -2.29. The van der Waals surface area contributed by atoms with Crippen molar-refractivity contribution in [1.82, 2.24) is 25.0 Å². The number of amidine groups is 1. The highest BCUT2D eigenvalue weighted by molar-refractivity contribution is 8.15. The van der Waals surface area contributed by atoms with Gasteiger partial charge >= 0.3 is 18.5 Å². The molecule has 4 amide bonds. The first-order valence-electron chi connectivity index (χ1n) is 14.7. The first-order chi connectivity index (χ1) is 22.9. The van der Waals surface area contributed by atoms with Gasteiger partial charge in [-0.25, -0.2) is 19.3 Å². The molecule has 1 atom stereocenters. The first kappa shape index (κ1) is 34.0. The largest absolute Gasteiger partial charge is 0.573 e. The quantitative estimate of drug-likeness (QED) is 0.190. The Morgan fingerprint density at radius 2 is 1.81 bits per heavy atom. The van der Waals surface area contributed by atoms with Crippen LogP contribution in [-0.2, 0) is 11.2 Å². The molecule has 16 heteroatoms. The smallest absolute Gasteiger partial charge is 0.465 e. The van der Waals surface area contributed by atoms with E-state index in [1.807, 2.05) is 32.0 Å². The number of hydrogen-bond donors (Lipinski definition) is 2. The summed E-state index contributed by atoms with van der Waals surface area (Å²) >= 11 is 1.12. The first-order valence-corrected chi connectivity index (χ1v) is 15.7. The molecule has 5 rings (SSSR count).